The number of piperidine rings is 1. The number of likely N-dealkylation sites (tertiary alicyclic amines) is 1. The van der Waals surface area contributed by atoms with Crippen molar-refractivity contribution < 1.29 is 4.79 Å². The van der Waals surface area contributed by atoms with E-state index >= 15 is 0 Å². The minimum atomic E-state index is 0.0480. The van der Waals surface area contributed by atoms with Gasteiger partial charge < -0.3 is 14.8 Å². The van der Waals surface area contributed by atoms with Crippen molar-refractivity contribution in [3.8, 4) is 0 Å². The van der Waals surface area contributed by atoms with Gasteiger partial charge in [-0.05, 0) is 37.2 Å². The maximum Gasteiger partial charge on any atom is 0.317 e. The number of thioether (sulfide) groups is 1. The predicted molar refractivity (Wildman–Crippen MR) is 87.4 cm³/mol. The number of carbonyl (C=O) groups excluding carboxylic acids is 1. The lowest BCUT2D eigenvalue weighted by atomic mass is 10.0. The summed E-state index contributed by atoms with van der Waals surface area (Å²) in [5, 5.41) is 3.01. The minimum absolute atomic E-state index is 0.0480. The highest BCUT2D eigenvalue weighted by Crippen LogP contribution is 2.19. The largest absolute Gasteiger partial charge is 0.333 e. The van der Waals surface area contributed by atoms with E-state index in [1.54, 1.807) is 6.20 Å². The van der Waals surface area contributed by atoms with E-state index in [9.17, 15) is 4.79 Å². The molecule has 1 aliphatic rings. The molecule has 0 radical (unpaired) electrons. The lowest BCUT2D eigenvalue weighted by Gasteiger charge is -2.32. The summed E-state index contributed by atoms with van der Waals surface area (Å²) >= 11 is 1.87. The summed E-state index contributed by atoms with van der Waals surface area (Å²) in [7, 11) is 0. The number of carbonyl (C=O) groups is 1. The zero-order chi connectivity index (χ0) is 15.1. The van der Waals surface area contributed by atoms with Crippen LogP contribution in [0.15, 0.2) is 12.4 Å². The Morgan fingerprint density at radius 2 is 2.43 bits per heavy atom. The van der Waals surface area contributed by atoms with Crippen LogP contribution in [-0.2, 0) is 13.1 Å². The molecule has 1 aromatic heterocycles. The molecule has 1 fully saturated rings. The maximum atomic E-state index is 12.3. The van der Waals surface area contributed by atoms with Gasteiger partial charge in [0.1, 0.15) is 5.82 Å². The van der Waals surface area contributed by atoms with Crippen molar-refractivity contribution in [1.29, 1.82) is 0 Å². The quantitative estimate of drug-likeness (QED) is 0.878. The number of urea groups is 1. The maximum absolute atomic E-state index is 12.3. The third-order valence-electron chi connectivity index (χ3n) is 3.87. The number of imidazole rings is 1. The first kappa shape index (κ1) is 16.2. The molecule has 118 valence electrons. The van der Waals surface area contributed by atoms with Gasteiger partial charge >= 0.3 is 6.03 Å². The molecule has 1 N–H and O–H groups in total. The molecule has 21 heavy (non-hydrogen) atoms. The molecular weight excluding hydrogens is 284 g/mol. The lowest BCUT2D eigenvalue weighted by molar-refractivity contribution is 0.170. The van der Waals surface area contributed by atoms with Crippen molar-refractivity contribution in [1.82, 2.24) is 19.8 Å². The van der Waals surface area contributed by atoms with Crippen LogP contribution in [0.25, 0.3) is 0 Å². The number of hydrogen-bond acceptors (Lipinski definition) is 3. The van der Waals surface area contributed by atoms with Crippen molar-refractivity contribution in [2.24, 2.45) is 5.92 Å². The summed E-state index contributed by atoms with van der Waals surface area (Å²) < 4.78 is 2.10. The summed E-state index contributed by atoms with van der Waals surface area (Å²) in [4.78, 5) is 18.6. The van der Waals surface area contributed by atoms with Gasteiger partial charge in [0.05, 0.1) is 6.54 Å². The highest BCUT2D eigenvalue weighted by Gasteiger charge is 2.23. The van der Waals surface area contributed by atoms with Gasteiger partial charge in [0.25, 0.3) is 0 Å². The van der Waals surface area contributed by atoms with Gasteiger partial charge in [-0.1, -0.05) is 6.92 Å². The lowest BCUT2D eigenvalue weighted by Crippen LogP contribution is -2.45. The van der Waals surface area contributed by atoms with Crippen molar-refractivity contribution in [2.75, 3.05) is 25.1 Å². The highest BCUT2D eigenvalue weighted by atomic mass is 32.2. The molecule has 0 aliphatic carbocycles. The molecule has 5 nitrogen and oxygen atoms in total. The normalized spacial score (nSPS) is 18.8. The Kier molecular flexibility index (Phi) is 6.42. The molecule has 1 aromatic rings. The van der Waals surface area contributed by atoms with Gasteiger partial charge in [-0.2, -0.15) is 11.8 Å². The van der Waals surface area contributed by atoms with Gasteiger partial charge in [-0.25, -0.2) is 9.78 Å². The van der Waals surface area contributed by atoms with Crippen LogP contribution in [0, 0.1) is 5.92 Å². The second kappa shape index (κ2) is 8.32. The number of amides is 2. The molecule has 2 rings (SSSR count). The summed E-state index contributed by atoms with van der Waals surface area (Å²) in [5.74, 6) is 2.72. The molecule has 2 heterocycles. The second-order valence-corrected chi connectivity index (χ2v) is 6.52. The van der Waals surface area contributed by atoms with Gasteiger partial charge in [-0.15, -0.1) is 0 Å². The molecule has 1 atom stereocenters. The fourth-order valence-electron chi connectivity index (χ4n) is 2.84. The molecule has 0 bridgehead atoms. The molecule has 6 heteroatoms. The monoisotopic (exact) mass is 310 g/mol. The number of rotatable bonds is 6. The smallest absolute Gasteiger partial charge is 0.317 e. The number of nitrogens with zero attached hydrogens (tertiary/aromatic N) is 3. The van der Waals surface area contributed by atoms with E-state index in [1.165, 1.54) is 6.42 Å². The topological polar surface area (TPSA) is 50.2 Å². The molecule has 0 saturated carbocycles. The zero-order valence-electron chi connectivity index (χ0n) is 13.0. The van der Waals surface area contributed by atoms with E-state index in [4.69, 9.17) is 0 Å². The van der Waals surface area contributed by atoms with Gasteiger partial charge in [0.15, 0.2) is 0 Å². The third-order valence-corrected chi connectivity index (χ3v) is 4.68. The van der Waals surface area contributed by atoms with Crippen molar-refractivity contribution in [3.05, 3.63) is 18.2 Å². The summed E-state index contributed by atoms with van der Waals surface area (Å²) in [6.45, 7) is 5.36. The average Bonchev–Trinajstić information content (AvgIpc) is 2.93. The van der Waals surface area contributed by atoms with Crippen LogP contribution in [0.5, 0.6) is 0 Å². The zero-order valence-corrected chi connectivity index (χ0v) is 13.9. The number of hydrogen-bond donors (Lipinski definition) is 1. The third kappa shape index (κ3) is 4.66. The van der Waals surface area contributed by atoms with E-state index in [0.717, 1.165) is 44.1 Å². The van der Waals surface area contributed by atoms with Crippen LogP contribution < -0.4 is 5.32 Å². The molecule has 0 aromatic carbocycles. The second-order valence-electron chi connectivity index (χ2n) is 5.61. The molecular formula is C15H26N4OS. The fourth-order valence-corrected chi connectivity index (χ4v) is 3.58. The van der Waals surface area contributed by atoms with Crippen molar-refractivity contribution >= 4 is 17.8 Å². The van der Waals surface area contributed by atoms with Crippen LogP contribution in [-0.4, -0.2) is 45.6 Å². The van der Waals surface area contributed by atoms with E-state index in [-0.39, 0.29) is 6.03 Å². The van der Waals surface area contributed by atoms with E-state index in [1.807, 2.05) is 22.9 Å². The van der Waals surface area contributed by atoms with Gasteiger partial charge in [0.2, 0.25) is 0 Å². The number of aryl methyl sites for hydroxylation is 1. The predicted octanol–water partition coefficient (Wildman–Crippen LogP) is 2.58. The van der Waals surface area contributed by atoms with Crippen LogP contribution in [0.2, 0.25) is 0 Å². The number of nitrogens with one attached hydrogen (secondary N) is 1. The Morgan fingerprint density at radius 3 is 3.19 bits per heavy atom. The molecule has 1 aliphatic heterocycles. The Labute approximate surface area is 131 Å². The first-order chi connectivity index (χ1) is 10.2. The van der Waals surface area contributed by atoms with Crippen LogP contribution in [0.1, 0.15) is 32.0 Å². The minimum Gasteiger partial charge on any atom is -0.333 e. The Hall–Kier alpha value is -1.17. The molecule has 2 amide bonds. The standard InChI is InChI=1S/C15H26N4OS/c1-3-7-18-9-6-16-14(18)10-17-15(20)19-8-4-5-13(11-19)12-21-2/h6,9,13H,3-5,7-8,10-12H2,1-2H3,(H,17,20)/t13-/m0/s1. The summed E-state index contributed by atoms with van der Waals surface area (Å²) in [6.07, 6.45) is 9.33. The summed E-state index contributed by atoms with van der Waals surface area (Å²) in [5.41, 5.74) is 0. The molecule has 0 spiro atoms. The summed E-state index contributed by atoms with van der Waals surface area (Å²) in [6, 6.07) is 0.0480. The van der Waals surface area contributed by atoms with Crippen LogP contribution in [0.4, 0.5) is 4.79 Å². The van der Waals surface area contributed by atoms with Gasteiger partial charge in [0, 0.05) is 32.0 Å². The van der Waals surface area contributed by atoms with E-state index in [2.05, 4.69) is 28.0 Å². The van der Waals surface area contributed by atoms with Crippen LogP contribution in [0.3, 0.4) is 0 Å². The Balaban J connectivity index is 1.82. The van der Waals surface area contributed by atoms with Gasteiger partial charge in [-0.3, -0.25) is 0 Å². The van der Waals surface area contributed by atoms with Crippen molar-refractivity contribution in [3.63, 3.8) is 0 Å². The van der Waals surface area contributed by atoms with E-state index < -0.39 is 0 Å². The molecule has 1 saturated heterocycles. The fraction of sp³-hybridized carbons (Fsp3) is 0.733. The Bertz CT molecular complexity index is 447. The number of aromatic nitrogens is 2. The SMILES string of the molecule is CCCn1ccnc1CNC(=O)N1CCC[C@H](CSC)C1. The highest BCUT2D eigenvalue weighted by molar-refractivity contribution is 7.98. The van der Waals surface area contributed by atoms with Crippen molar-refractivity contribution in [2.45, 2.75) is 39.3 Å². The first-order valence-electron chi connectivity index (χ1n) is 7.76. The molecule has 0 unspecified atom stereocenters. The first-order valence-corrected chi connectivity index (χ1v) is 9.15. The van der Waals surface area contributed by atoms with Crippen LogP contribution >= 0.6 is 11.8 Å². The average molecular weight is 310 g/mol. The van der Waals surface area contributed by atoms with E-state index in [0.29, 0.717) is 12.5 Å². The Morgan fingerprint density at radius 1 is 1.57 bits per heavy atom.